The van der Waals surface area contributed by atoms with Gasteiger partial charge in [0.2, 0.25) is 5.91 Å². The third kappa shape index (κ3) is 2.18. The summed E-state index contributed by atoms with van der Waals surface area (Å²) in [5.41, 5.74) is 2.20. The smallest absolute Gasteiger partial charge is 0.235 e. The van der Waals surface area contributed by atoms with E-state index in [1.807, 2.05) is 43.3 Å². The molecule has 1 aliphatic carbocycles. The topological polar surface area (TPSA) is 42.0 Å². The molecule has 102 valence electrons. The van der Waals surface area contributed by atoms with Gasteiger partial charge in [0.05, 0.1) is 11.1 Å². The second kappa shape index (κ2) is 4.91. The van der Waals surface area contributed by atoms with Gasteiger partial charge in [-0.05, 0) is 37.0 Å². The number of aryl methyl sites for hydroxylation is 1. The predicted octanol–water partition coefficient (Wildman–Crippen LogP) is 3.71. The van der Waals surface area contributed by atoms with Crippen molar-refractivity contribution in [2.24, 2.45) is 0 Å². The lowest BCUT2D eigenvalue weighted by Crippen LogP contribution is -2.28. The quantitative estimate of drug-likeness (QED) is 0.874. The number of nitrogens with zero attached hydrogens (tertiary/aromatic N) is 1. The van der Waals surface area contributed by atoms with Gasteiger partial charge in [-0.2, -0.15) is 0 Å². The lowest BCUT2D eigenvalue weighted by Gasteiger charge is -2.17. The second-order valence-corrected chi connectivity index (χ2v) is 5.55. The molecule has 0 aliphatic heterocycles. The van der Waals surface area contributed by atoms with E-state index < -0.39 is 5.41 Å². The first-order valence-corrected chi connectivity index (χ1v) is 6.99. The van der Waals surface area contributed by atoms with E-state index in [0.29, 0.717) is 10.8 Å². The van der Waals surface area contributed by atoms with Crippen LogP contribution in [0.25, 0.3) is 0 Å². The number of aromatic nitrogens is 1. The van der Waals surface area contributed by atoms with Gasteiger partial charge in [-0.15, -0.1) is 0 Å². The maximum absolute atomic E-state index is 12.6. The summed E-state index contributed by atoms with van der Waals surface area (Å²) in [6.07, 6.45) is 3.39. The summed E-state index contributed by atoms with van der Waals surface area (Å²) in [6, 6.07) is 11.7. The molecule has 1 fully saturated rings. The van der Waals surface area contributed by atoms with E-state index in [4.69, 9.17) is 11.6 Å². The Morgan fingerprint density at radius 3 is 2.55 bits per heavy atom. The number of rotatable bonds is 3. The first kappa shape index (κ1) is 13.1. The number of halogens is 1. The Kier molecular flexibility index (Phi) is 3.22. The Bertz CT molecular complexity index is 631. The predicted molar refractivity (Wildman–Crippen MR) is 80.0 cm³/mol. The van der Waals surface area contributed by atoms with Crippen LogP contribution in [-0.4, -0.2) is 10.9 Å². The van der Waals surface area contributed by atoms with Gasteiger partial charge in [-0.3, -0.25) is 4.79 Å². The molecule has 1 amide bonds. The molecular formula is C16H15ClN2O. The molecule has 1 heterocycles. The van der Waals surface area contributed by atoms with Gasteiger partial charge in [-0.25, -0.2) is 4.98 Å². The van der Waals surface area contributed by atoms with Crippen molar-refractivity contribution in [3.05, 3.63) is 58.9 Å². The molecule has 0 saturated heterocycles. The zero-order chi connectivity index (χ0) is 14.2. The summed E-state index contributed by atoms with van der Waals surface area (Å²) in [4.78, 5) is 16.6. The number of hydrogen-bond acceptors (Lipinski definition) is 2. The van der Waals surface area contributed by atoms with Crippen molar-refractivity contribution in [1.82, 2.24) is 4.98 Å². The van der Waals surface area contributed by atoms with Crippen molar-refractivity contribution in [3.8, 4) is 0 Å². The molecule has 3 nitrogen and oxygen atoms in total. The van der Waals surface area contributed by atoms with E-state index in [9.17, 15) is 4.79 Å². The molecule has 0 bridgehead atoms. The molecule has 1 N–H and O–H groups in total. The molecule has 20 heavy (non-hydrogen) atoms. The van der Waals surface area contributed by atoms with Crippen LogP contribution in [0.1, 0.15) is 24.0 Å². The van der Waals surface area contributed by atoms with Crippen molar-refractivity contribution >= 4 is 23.2 Å². The van der Waals surface area contributed by atoms with E-state index in [-0.39, 0.29) is 5.91 Å². The number of carbonyl (C=O) groups excluding carboxylic acids is 1. The Labute approximate surface area is 123 Å². The van der Waals surface area contributed by atoms with E-state index in [1.54, 1.807) is 6.20 Å². The Hall–Kier alpha value is -1.87. The van der Waals surface area contributed by atoms with Crippen LogP contribution in [0.2, 0.25) is 5.15 Å². The van der Waals surface area contributed by atoms with Crippen LogP contribution in [0.15, 0.2) is 42.6 Å². The fourth-order valence-corrected chi connectivity index (χ4v) is 2.69. The minimum absolute atomic E-state index is 0.00157. The van der Waals surface area contributed by atoms with Gasteiger partial charge in [0, 0.05) is 6.20 Å². The summed E-state index contributed by atoms with van der Waals surface area (Å²) < 4.78 is 0. The zero-order valence-electron chi connectivity index (χ0n) is 11.2. The van der Waals surface area contributed by atoms with E-state index in [0.717, 1.165) is 24.0 Å². The van der Waals surface area contributed by atoms with Crippen LogP contribution in [0.3, 0.4) is 0 Å². The Morgan fingerprint density at radius 2 is 1.95 bits per heavy atom. The van der Waals surface area contributed by atoms with Crippen LogP contribution in [0.4, 0.5) is 5.69 Å². The highest BCUT2D eigenvalue weighted by atomic mass is 35.5. The third-order valence-electron chi connectivity index (χ3n) is 3.86. The number of nitrogens with one attached hydrogen (secondary N) is 1. The molecule has 0 spiro atoms. The molecule has 1 aromatic carbocycles. The summed E-state index contributed by atoms with van der Waals surface area (Å²) in [5.74, 6) is 0.00157. The third-order valence-corrected chi connectivity index (χ3v) is 4.15. The maximum atomic E-state index is 12.6. The van der Waals surface area contributed by atoms with Crippen LogP contribution < -0.4 is 5.32 Å². The van der Waals surface area contributed by atoms with Crippen LogP contribution in [-0.2, 0) is 10.2 Å². The zero-order valence-corrected chi connectivity index (χ0v) is 11.9. The number of amides is 1. The average Bonchev–Trinajstić information content (AvgIpc) is 3.25. The summed E-state index contributed by atoms with van der Waals surface area (Å²) in [7, 11) is 0. The number of hydrogen-bond donors (Lipinski definition) is 1. The molecule has 4 heteroatoms. The molecule has 2 aromatic rings. The fourth-order valence-electron chi connectivity index (χ4n) is 2.44. The summed E-state index contributed by atoms with van der Waals surface area (Å²) in [5, 5.41) is 3.28. The first-order chi connectivity index (χ1) is 9.63. The molecule has 0 radical (unpaired) electrons. The highest BCUT2D eigenvalue weighted by Crippen LogP contribution is 2.49. The SMILES string of the molecule is Cc1ccnc(Cl)c1NC(=O)C1(c2ccccc2)CC1. The van der Waals surface area contributed by atoms with Crippen LogP contribution in [0, 0.1) is 6.92 Å². The average molecular weight is 287 g/mol. The highest BCUT2D eigenvalue weighted by Gasteiger charge is 2.51. The first-order valence-electron chi connectivity index (χ1n) is 6.61. The highest BCUT2D eigenvalue weighted by molar-refractivity contribution is 6.32. The molecular weight excluding hydrogens is 272 g/mol. The van der Waals surface area contributed by atoms with Crippen LogP contribution in [0.5, 0.6) is 0 Å². The van der Waals surface area contributed by atoms with Crippen LogP contribution >= 0.6 is 11.6 Å². The number of carbonyl (C=O) groups is 1. The van der Waals surface area contributed by atoms with E-state index in [1.165, 1.54) is 0 Å². The molecule has 1 aromatic heterocycles. The van der Waals surface area contributed by atoms with Crippen molar-refractivity contribution in [3.63, 3.8) is 0 Å². The minimum atomic E-state index is -0.396. The maximum Gasteiger partial charge on any atom is 0.235 e. The van der Waals surface area contributed by atoms with Crippen molar-refractivity contribution < 1.29 is 4.79 Å². The van der Waals surface area contributed by atoms with Crippen molar-refractivity contribution in [1.29, 1.82) is 0 Å². The molecule has 1 aliphatic rings. The second-order valence-electron chi connectivity index (χ2n) is 5.20. The number of anilines is 1. The van der Waals surface area contributed by atoms with Gasteiger partial charge < -0.3 is 5.32 Å². The summed E-state index contributed by atoms with van der Waals surface area (Å²) in [6.45, 7) is 1.91. The summed E-state index contributed by atoms with van der Waals surface area (Å²) >= 11 is 6.06. The van der Waals surface area contributed by atoms with Gasteiger partial charge in [0.25, 0.3) is 0 Å². The van der Waals surface area contributed by atoms with Gasteiger partial charge >= 0.3 is 0 Å². The monoisotopic (exact) mass is 286 g/mol. The van der Waals surface area contributed by atoms with Gasteiger partial charge in [-0.1, -0.05) is 41.9 Å². The number of pyridine rings is 1. The lowest BCUT2D eigenvalue weighted by atomic mass is 9.95. The van der Waals surface area contributed by atoms with Gasteiger partial charge in [0.15, 0.2) is 5.15 Å². The lowest BCUT2D eigenvalue weighted by molar-refractivity contribution is -0.118. The van der Waals surface area contributed by atoms with Gasteiger partial charge in [0.1, 0.15) is 0 Å². The molecule has 1 saturated carbocycles. The molecule has 3 rings (SSSR count). The standard InChI is InChI=1S/C16H15ClN2O/c1-11-7-10-18-14(17)13(11)19-15(20)16(8-9-16)12-5-3-2-4-6-12/h2-7,10H,8-9H2,1H3,(H,19,20). The minimum Gasteiger partial charge on any atom is -0.322 e. The Morgan fingerprint density at radius 1 is 1.25 bits per heavy atom. The van der Waals surface area contributed by atoms with Crippen molar-refractivity contribution in [2.45, 2.75) is 25.2 Å². The normalized spacial score (nSPS) is 15.7. The van der Waals surface area contributed by atoms with Crippen molar-refractivity contribution in [2.75, 3.05) is 5.32 Å². The van der Waals surface area contributed by atoms with E-state index >= 15 is 0 Å². The fraction of sp³-hybridized carbons (Fsp3) is 0.250. The van der Waals surface area contributed by atoms with E-state index in [2.05, 4.69) is 10.3 Å². The Balaban J connectivity index is 1.88. The molecule has 0 atom stereocenters. The number of benzene rings is 1. The largest absolute Gasteiger partial charge is 0.322 e. The molecule has 0 unspecified atom stereocenters.